The Labute approximate surface area is 161 Å². The Kier molecular flexibility index (Phi) is 5.37. The summed E-state index contributed by atoms with van der Waals surface area (Å²) in [6, 6.07) is 9.78. The number of rotatable bonds is 5. The predicted octanol–water partition coefficient (Wildman–Crippen LogP) is 3.84. The molecule has 0 saturated heterocycles. The molecule has 0 spiro atoms. The van der Waals surface area contributed by atoms with E-state index in [1.165, 1.54) is 14.0 Å². The summed E-state index contributed by atoms with van der Waals surface area (Å²) in [5.74, 6) is 0.773. The van der Waals surface area contributed by atoms with Crippen LogP contribution in [0.2, 0.25) is 5.02 Å². The quantitative estimate of drug-likeness (QED) is 0.696. The zero-order valence-electron chi connectivity index (χ0n) is 15.1. The minimum absolute atomic E-state index is 0.0384. The summed E-state index contributed by atoms with van der Waals surface area (Å²) >= 11 is 6.40. The number of pyridine rings is 1. The van der Waals surface area contributed by atoms with Gasteiger partial charge in [0.25, 0.3) is 0 Å². The van der Waals surface area contributed by atoms with E-state index in [-0.39, 0.29) is 11.7 Å². The lowest BCUT2D eigenvalue weighted by molar-refractivity contribution is -0.119. The molecule has 0 bridgehead atoms. The minimum Gasteiger partial charge on any atom is -0.505 e. The first-order valence-corrected chi connectivity index (χ1v) is 8.59. The van der Waals surface area contributed by atoms with E-state index >= 15 is 0 Å². The minimum atomic E-state index is -0.647. The van der Waals surface area contributed by atoms with Gasteiger partial charge in [-0.15, -0.1) is 0 Å². The maximum absolute atomic E-state index is 11.8. The van der Waals surface area contributed by atoms with Crippen LogP contribution in [0.5, 0.6) is 17.2 Å². The van der Waals surface area contributed by atoms with Crippen LogP contribution < -0.4 is 14.8 Å². The highest BCUT2D eigenvalue weighted by molar-refractivity contribution is 6.35. The molecule has 140 valence electrons. The van der Waals surface area contributed by atoms with Crippen molar-refractivity contribution in [1.82, 2.24) is 10.3 Å². The van der Waals surface area contributed by atoms with Gasteiger partial charge in [-0.2, -0.15) is 0 Å². The molecule has 1 atom stereocenters. The van der Waals surface area contributed by atoms with Crippen LogP contribution >= 0.6 is 11.6 Å². The van der Waals surface area contributed by atoms with Crippen LogP contribution in [-0.2, 0) is 4.79 Å². The second-order valence-electron chi connectivity index (χ2n) is 5.94. The van der Waals surface area contributed by atoms with E-state index in [2.05, 4.69) is 10.3 Å². The number of aromatic hydroxyl groups is 1. The molecule has 0 unspecified atom stereocenters. The molecule has 0 radical (unpaired) electrons. The SMILES string of the molecule is COc1ccc([C@@H](NC(C)=O)c2cc(Cl)c3cccnc3c2O)cc1OC. The topological polar surface area (TPSA) is 80.7 Å². The van der Waals surface area contributed by atoms with E-state index < -0.39 is 6.04 Å². The first-order valence-electron chi connectivity index (χ1n) is 8.21. The molecule has 0 aliphatic rings. The molecular weight excluding hydrogens is 368 g/mol. The lowest BCUT2D eigenvalue weighted by atomic mass is 9.95. The third-order valence-corrected chi connectivity index (χ3v) is 4.56. The summed E-state index contributed by atoms with van der Waals surface area (Å²) in [6.45, 7) is 1.41. The second-order valence-corrected chi connectivity index (χ2v) is 6.35. The number of hydrogen-bond acceptors (Lipinski definition) is 5. The summed E-state index contributed by atoms with van der Waals surface area (Å²) in [7, 11) is 3.08. The number of carbonyl (C=O) groups is 1. The average molecular weight is 387 g/mol. The largest absolute Gasteiger partial charge is 0.505 e. The Hall–Kier alpha value is -2.99. The predicted molar refractivity (Wildman–Crippen MR) is 104 cm³/mol. The Bertz CT molecular complexity index is 1010. The lowest BCUT2D eigenvalue weighted by Crippen LogP contribution is -2.27. The van der Waals surface area contributed by atoms with E-state index in [1.54, 1.807) is 49.7 Å². The van der Waals surface area contributed by atoms with Gasteiger partial charge in [-0.05, 0) is 35.9 Å². The smallest absolute Gasteiger partial charge is 0.217 e. The van der Waals surface area contributed by atoms with Gasteiger partial charge in [0.1, 0.15) is 11.3 Å². The van der Waals surface area contributed by atoms with Crippen molar-refractivity contribution in [3.63, 3.8) is 0 Å². The van der Waals surface area contributed by atoms with E-state index in [9.17, 15) is 9.90 Å². The molecule has 7 heteroatoms. The van der Waals surface area contributed by atoms with Crippen LogP contribution in [0.25, 0.3) is 10.9 Å². The van der Waals surface area contributed by atoms with Crippen LogP contribution in [0, 0.1) is 0 Å². The lowest BCUT2D eigenvalue weighted by Gasteiger charge is -2.22. The number of methoxy groups -OCH3 is 2. The Morgan fingerprint density at radius 2 is 1.93 bits per heavy atom. The number of hydrogen-bond donors (Lipinski definition) is 2. The normalized spacial score (nSPS) is 11.9. The molecule has 3 rings (SSSR count). The van der Waals surface area contributed by atoms with Crippen LogP contribution in [0.3, 0.4) is 0 Å². The van der Waals surface area contributed by atoms with Gasteiger partial charge in [0.05, 0.1) is 25.3 Å². The number of phenols is 1. The highest BCUT2D eigenvalue weighted by Crippen LogP contribution is 2.40. The number of amides is 1. The van der Waals surface area contributed by atoms with Crippen molar-refractivity contribution < 1.29 is 19.4 Å². The highest BCUT2D eigenvalue weighted by Gasteiger charge is 2.23. The molecule has 2 aromatic carbocycles. The number of fused-ring (bicyclic) bond motifs is 1. The average Bonchev–Trinajstić information content (AvgIpc) is 2.68. The molecule has 0 saturated carbocycles. The Morgan fingerprint density at radius 3 is 2.59 bits per heavy atom. The summed E-state index contributed by atoms with van der Waals surface area (Å²) < 4.78 is 10.6. The van der Waals surface area contributed by atoms with Gasteiger partial charge in [-0.3, -0.25) is 9.78 Å². The van der Waals surface area contributed by atoms with Gasteiger partial charge in [-0.25, -0.2) is 0 Å². The van der Waals surface area contributed by atoms with Crippen molar-refractivity contribution in [2.45, 2.75) is 13.0 Å². The third-order valence-electron chi connectivity index (χ3n) is 4.24. The third kappa shape index (κ3) is 3.61. The van der Waals surface area contributed by atoms with E-state index in [0.29, 0.717) is 38.6 Å². The van der Waals surface area contributed by atoms with Crippen LogP contribution in [0.4, 0.5) is 0 Å². The Morgan fingerprint density at radius 1 is 1.19 bits per heavy atom. The summed E-state index contributed by atoms with van der Waals surface area (Å²) in [5, 5.41) is 14.7. The fourth-order valence-electron chi connectivity index (χ4n) is 3.00. The Balaban J connectivity index is 2.21. The molecular formula is C20H19ClN2O4. The van der Waals surface area contributed by atoms with Gasteiger partial charge in [0, 0.05) is 24.1 Å². The zero-order chi connectivity index (χ0) is 19.6. The fourth-order valence-corrected chi connectivity index (χ4v) is 3.27. The highest BCUT2D eigenvalue weighted by atomic mass is 35.5. The van der Waals surface area contributed by atoms with E-state index in [0.717, 1.165) is 0 Å². The molecule has 2 N–H and O–H groups in total. The van der Waals surface area contributed by atoms with Crippen molar-refractivity contribution >= 4 is 28.4 Å². The van der Waals surface area contributed by atoms with Crippen LogP contribution in [-0.4, -0.2) is 30.2 Å². The van der Waals surface area contributed by atoms with Gasteiger partial charge < -0.3 is 19.9 Å². The first-order chi connectivity index (χ1) is 13.0. The van der Waals surface area contributed by atoms with Gasteiger partial charge >= 0.3 is 0 Å². The standard InChI is InChI=1S/C20H19ClN2O4/c1-11(24)23-18(12-6-7-16(26-2)17(9-12)27-3)14-10-15(21)13-5-4-8-22-19(13)20(14)25/h4-10,18,25H,1-3H3,(H,23,24)/t18-/m1/s1. The first kappa shape index (κ1) is 18.8. The van der Waals surface area contributed by atoms with Crippen molar-refractivity contribution in [3.05, 3.63) is 58.7 Å². The maximum atomic E-state index is 11.8. The zero-order valence-corrected chi connectivity index (χ0v) is 15.9. The van der Waals surface area contributed by atoms with Crippen LogP contribution in [0.15, 0.2) is 42.6 Å². The number of nitrogens with zero attached hydrogens (tertiary/aromatic N) is 1. The summed E-state index contributed by atoms with van der Waals surface area (Å²) in [5.41, 5.74) is 1.51. The van der Waals surface area contributed by atoms with Gasteiger partial charge in [0.15, 0.2) is 11.5 Å². The summed E-state index contributed by atoms with van der Waals surface area (Å²) in [4.78, 5) is 16.1. The fraction of sp³-hybridized carbons (Fsp3) is 0.200. The molecule has 6 nitrogen and oxygen atoms in total. The molecule has 3 aromatic rings. The van der Waals surface area contributed by atoms with Crippen LogP contribution in [0.1, 0.15) is 24.1 Å². The van der Waals surface area contributed by atoms with Crippen molar-refractivity contribution in [2.24, 2.45) is 0 Å². The van der Waals surface area contributed by atoms with Crippen molar-refractivity contribution in [1.29, 1.82) is 0 Å². The molecule has 0 fully saturated rings. The number of benzene rings is 2. The summed E-state index contributed by atoms with van der Waals surface area (Å²) in [6.07, 6.45) is 1.58. The van der Waals surface area contributed by atoms with Gasteiger partial charge in [-0.1, -0.05) is 17.7 Å². The number of aromatic nitrogens is 1. The van der Waals surface area contributed by atoms with Crippen molar-refractivity contribution in [2.75, 3.05) is 14.2 Å². The second kappa shape index (κ2) is 7.72. The molecule has 1 heterocycles. The van der Waals surface area contributed by atoms with E-state index in [4.69, 9.17) is 21.1 Å². The molecule has 0 aliphatic heterocycles. The molecule has 27 heavy (non-hydrogen) atoms. The van der Waals surface area contributed by atoms with Crippen molar-refractivity contribution in [3.8, 4) is 17.2 Å². The molecule has 1 aromatic heterocycles. The monoisotopic (exact) mass is 386 g/mol. The molecule has 1 amide bonds. The van der Waals surface area contributed by atoms with Gasteiger partial charge in [0.2, 0.25) is 5.91 Å². The molecule has 0 aliphatic carbocycles. The number of carbonyl (C=O) groups excluding carboxylic acids is 1. The maximum Gasteiger partial charge on any atom is 0.217 e. The number of ether oxygens (including phenoxy) is 2. The number of halogens is 1. The van der Waals surface area contributed by atoms with E-state index in [1.807, 2.05) is 0 Å². The number of phenolic OH excluding ortho intramolecular Hbond substituents is 1. The number of nitrogens with one attached hydrogen (secondary N) is 1.